The number of imidazole rings is 1. The number of nitrogens with one attached hydrogen (secondary N) is 2. The van der Waals surface area contributed by atoms with Gasteiger partial charge in [0.05, 0.1) is 23.8 Å². The third-order valence-corrected chi connectivity index (χ3v) is 7.03. The largest absolute Gasteiger partial charge is 0.417 e. The van der Waals surface area contributed by atoms with Crippen LogP contribution < -0.4 is 10.9 Å². The summed E-state index contributed by atoms with van der Waals surface area (Å²) in [5, 5.41) is 11.2. The van der Waals surface area contributed by atoms with Gasteiger partial charge in [0.15, 0.2) is 0 Å². The molecule has 208 valence electrons. The second-order valence-corrected chi connectivity index (χ2v) is 10.1. The molecule has 5 rings (SSSR count). The molecule has 6 nitrogen and oxygen atoms in total. The summed E-state index contributed by atoms with van der Waals surface area (Å²) in [6, 6.07) is 9.36. The average molecular weight is 556 g/mol. The van der Waals surface area contributed by atoms with Crippen molar-refractivity contribution in [1.29, 1.82) is 5.41 Å². The molecule has 1 atom stereocenters. The smallest absolute Gasteiger partial charge is 0.344 e. The molecule has 2 aromatic heterocycles. The van der Waals surface area contributed by atoms with Gasteiger partial charge in [-0.25, -0.2) is 13.8 Å². The first-order chi connectivity index (χ1) is 18.9. The third-order valence-electron chi connectivity index (χ3n) is 7.03. The molecule has 0 spiro atoms. The van der Waals surface area contributed by atoms with Crippen molar-refractivity contribution >= 4 is 5.91 Å². The Bertz CT molecular complexity index is 1650. The first-order valence-electron chi connectivity index (χ1n) is 12.6. The molecule has 0 saturated heterocycles. The molecule has 2 aromatic carbocycles. The molecule has 2 heterocycles. The zero-order valence-corrected chi connectivity index (χ0v) is 21.7. The minimum atomic E-state index is -4.86. The molecule has 1 fully saturated rings. The van der Waals surface area contributed by atoms with Gasteiger partial charge < -0.3 is 14.5 Å². The topological polar surface area (TPSA) is 75.7 Å². The summed E-state index contributed by atoms with van der Waals surface area (Å²) in [5.74, 6) is -1.89. The number of hydrogen-bond acceptors (Lipinski definition) is 3. The van der Waals surface area contributed by atoms with E-state index in [1.165, 1.54) is 18.2 Å². The summed E-state index contributed by atoms with van der Waals surface area (Å²) in [6.45, 7) is 1.71. The summed E-state index contributed by atoms with van der Waals surface area (Å²) < 4.78 is 72.4. The first kappa shape index (κ1) is 27.3. The first-order valence-corrected chi connectivity index (χ1v) is 12.6. The van der Waals surface area contributed by atoms with E-state index < -0.39 is 29.5 Å². The van der Waals surface area contributed by atoms with Gasteiger partial charge in [0.1, 0.15) is 17.3 Å². The molecule has 40 heavy (non-hydrogen) atoms. The number of carbonyl (C=O) groups is 1. The van der Waals surface area contributed by atoms with E-state index in [1.807, 2.05) is 0 Å². The van der Waals surface area contributed by atoms with Gasteiger partial charge in [0, 0.05) is 25.0 Å². The van der Waals surface area contributed by atoms with Crippen molar-refractivity contribution in [3.8, 4) is 11.3 Å². The van der Waals surface area contributed by atoms with Crippen LogP contribution in [0.5, 0.6) is 0 Å². The highest BCUT2D eigenvalue weighted by Gasteiger charge is 2.36. The zero-order chi connectivity index (χ0) is 28.8. The molecular weight excluding hydrogens is 529 g/mol. The molecule has 4 aromatic rings. The van der Waals surface area contributed by atoms with Crippen molar-refractivity contribution in [2.75, 3.05) is 0 Å². The van der Waals surface area contributed by atoms with Gasteiger partial charge in [-0.3, -0.25) is 10.2 Å². The maximum atomic E-state index is 13.9. The third kappa shape index (κ3) is 5.68. The Morgan fingerprint density at radius 1 is 1.10 bits per heavy atom. The molecule has 1 amide bonds. The second kappa shape index (κ2) is 10.4. The monoisotopic (exact) mass is 555 g/mol. The van der Waals surface area contributed by atoms with Crippen LogP contribution in [0.3, 0.4) is 0 Å². The van der Waals surface area contributed by atoms with E-state index in [0.717, 1.165) is 30.5 Å². The number of halogens is 5. The number of benzene rings is 2. The Morgan fingerprint density at radius 3 is 2.48 bits per heavy atom. The molecule has 1 saturated carbocycles. The maximum Gasteiger partial charge on any atom is 0.417 e. The number of aromatic nitrogens is 3. The van der Waals surface area contributed by atoms with Crippen molar-refractivity contribution in [2.24, 2.45) is 13.0 Å². The van der Waals surface area contributed by atoms with E-state index in [9.17, 15) is 26.7 Å². The second-order valence-electron chi connectivity index (χ2n) is 10.1. The van der Waals surface area contributed by atoms with Crippen molar-refractivity contribution in [3.63, 3.8) is 0 Å². The van der Waals surface area contributed by atoms with E-state index >= 15 is 0 Å². The van der Waals surface area contributed by atoms with Crippen LogP contribution >= 0.6 is 0 Å². The molecule has 1 unspecified atom stereocenters. The maximum absolute atomic E-state index is 13.9. The van der Waals surface area contributed by atoms with Gasteiger partial charge in [-0.05, 0) is 78.8 Å². The lowest BCUT2D eigenvalue weighted by Gasteiger charge is -2.20. The van der Waals surface area contributed by atoms with Gasteiger partial charge in [-0.15, -0.1) is 0 Å². The van der Waals surface area contributed by atoms with E-state index in [4.69, 9.17) is 5.41 Å². The fraction of sp³-hybridized carbons (Fsp3) is 0.276. The van der Waals surface area contributed by atoms with Crippen molar-refractivity contribution < 1.29 is 26.7 Å². The highest BCUT2D eigenvalue weighted by molar-refractivity contribution is 5.93. The summed E-state index contributed by atoms with van der Waals surface area (Å²) in [5.41, 5.74) is -0.141. The van der Waals surface area contributed by atoms with Crippen LogP contribution in [-0.4, -0.2) is 20.0 Å². The molecule has 0 bridgehead atoms. The number of carbonyl (C=O) groups excluding carboxylic acids is 1. The minimum absolute atomic E-state index is 0.0846. The lowest BCUT2D eigenvalue weighted by atomic mass is 9.99. The number of rotatable bonds is 7. The van der Waals surface area contributed by atoms with Gasteiger partial charge in [-0.2, -0.15) is 13.2 Å². The average Bonchev–Trinajstić information content (AvgIpc) is 3.70. The molecule has 1 aliphatic rings. The highest BCUT2D eigenvalue weighted by atomic mass is 19.4. The summed E-state index contributed by atoms with van der Waals surface area (Å²) in [6.07, 6.45) is 0.159. The number of alkyl halides is 3. The minimum Gasteiger partial charge on any atom is -0.344 e. The van der Waals surface area contributed by atoms with Crippen LogP contribution in [0.2, 0.25) is 0 Å². The standard InChI is InChI=1S/C29H26F5N5O/c1-16-11-19(5-8-23(16)31)26(18-3-4-18)37-27(40)25-13-17(15-39-10-9-38(2)28(39)35)12-24(36-25)21-7-6-20(30)14-22(21)29(32,33)34/h5-14,18,26,35H,3-4,15H2,1-2H3,(H,37,40). The number of amides is 1. The molecule has 0 aliphatic heterocycles. The quantitative estimate of drug-likeness (QED) is 0.279. The van der Waals surface area contributed by atoms with E-state index in [0.29, 0.717) is 17.2 Å². The molecule has 11 heteroatoms. The Balaban J connectivity index is 1.57. The summed E-state index contributed by atoms with van der Waals surface area (Å²) >= 11 is 0. The summed E-state index contributed by atoms with van der Waals surface area (Å²) in [7, 11) is 1.68. The normalized spacial score (nSPS) is 14.3. The van der Waals surface area contributed by atoms with Crippen LogP contribution in [0.15, 0.2) is 60.9 Å². The Morgan fingerprint density at radius 2 is 1.85 bits per heavy atom. The fourth-order valence-corrected chi connectivity index (χ4v) is 4.74. The van der Waals surface area contributed by atoms with E-state index in [-0.39, 0.29) is 40.8 Å². The van der Waals surface area contributed by atoms with Crippen LogP contribution in [0.25, 0.3) is 11.3 Å². The SMILES string of the molecule is Cc1cc(C(NC(=O)c2cc(Cn3ccn(C)c3=N)cc(-c3ccc(F)cc3C(F)(F)F)n2)C2CC2)ccc1F. The fourth-order valence-electron chi connectivity index (χ4n) is 4.74. The van der Waals surface area contributed by atoms with Crippen molar-refractivity contribution in [1.82, 2.24) is 19.4 Å². The number of nitrogens with zero attached hydrogens (tertiary/aromatic N) is 3. The number of pyridine rings is 1. The summed E-state index contributed by atoms with van der Waals surface area (Å²) in [4.78, 5) is 17.8. The number of aryl methyl sites for hydroxylation is 2. The van der Waals surface area contributed by atoms with Crippen LogP contribution in [-0.2, 0) is 19.8 Å². The molecule has 0 radical (unpaired) electrons. The molecule has 1 aliphatic carbocycles. The predicted octanol–water partition coefficient (Wildman–Crippen LogP) is 5.90. The van der Waals surface area contributed by atoms with E-state index in [1.54, 1.807) is 47.6 Å². The zero-order valence-electron chi connectivity index (χ0n) is 21.7. The van der Waals surface area contributed by atoms with Crippen LogP contribution in [0.1, 0.15) is 51.6 Å². The lowest BCUT2D eigenvalue weighted by molar-refractivity contribution is -0.137. The van der Waals surface area contributed by atoms with Gasteiger partial charge in [-0.1, -0.05) is 12.1 Å². The lowest BCUT2D eigenvalue weighted by Crippen LogP contribution is -2.31. The Hall–Kier alpha value is -4.28. The Labute approximate surface area is 226 Å². The van der Waals surface area contributed by atoms with Gasteiger partial charge in [0.25, 0.3) is 5.91 Å². The molecular formula is C29H26F5N5O. The van der Waals surface area contributed by atoms with Gasteiger partial charge >= 0.3 is 6.18 Å². The van der Waals surface area contributed by atoms with Crippen molar-refractivity contribution in [3.05, 3.63) is 106 Å². The van der Waals surface area contributed by atoms with Crippen LogP contribution in [0.4, 0.5) is 22.0 Å². The van der Waals surface area contributed by atoms with Gasteiger partial charge in [0.2, 0.25) is 5.62 Å². The molecule has 2 N–H and O–H groups in total. The van der Waals surface area contributed by atoms with Crippen molar-refractivity contribution in [2.45, 2.75) is 38.5 Å². The highest BCUT2D eigenvalue weighted by Crippen LogP contribution is 2.42. The predicted molar refractivity (Wildman–Crippen MR) is 137 cm³/mol. The van der Waals surface area contributed by atoms with E-state index in [2.05, 4.69) is 10.3 Å². The number of hydrogen-bond donors (Lipinski definition) is 2. The Kier molecular flexibility index (Phi) is 7.07. The van der Waals surface area contributed by atoms with Crippen LogP contribution in [0, 0.1) is 29.9 Å².